The van der Waals surface area contributed by atoms with Gasteiger partial charge in [-0.1, -0.05) is 56.3 Å². The zero-order valence-corrected chi connectivity index (χ0v) is 19.8. The summed E-state index contributed by atoms with van der Waals surface area (Å²) in [5, 5.41) is 2.78. The van der Waals surface area contributed by atoms with Crippen molar-refractivity contribution in [2.45, 2.75) is 71.8 Å². The zero-order valence-electron chi connectivity index (χ0n) is 19.8. The second-order valence-corrected chi connectivity index (χ2v) is 9.45. The normalized spacial score (nSPS) is 13.3. The maximum atomic E-state index is 12.8. The Morgan fingerprint density at radius 1 is 0.969 bits per heavy atom. The van der Waals surface area contributed by atoms with Crippen molar-refractivity contribution in [2.75, 3.05) is 0 Å². The minimum absolute atomic E-state index is 0.277. The number of hydrogen-bond donors (Lipinski definition) is 2. The van der Waals surface area contributed by atoms with Gasteiger partial charge in [0.2, 0.25) is 5.91 Å². The molecule has 0 aliphatic rings. The second-order valence-electron chi connectivity index (χ2n) is 9.45. The van der Waals surface area contributed by atoms with Gasteiger partial charge in [-0.15, -0.1) is 0 Å². The summed E-state index contributed by atoms with van der Waals surface area (Å²) in [6, 6.07) is 15.9. The maximum absolute atomic E-state index is 12.8. The minimum Gasteiger partial charge on any atom is -0.489 e. The summed E-state index contributed by atoms with van der Waals surface area (Å²) in [6.45, 7) is 9.87. The number of benzene rings is 2. The van der Waals surface area contributed by atoms with Crippen LogP contribution in [0.5, 0.6) is 5.75 Å². The van der Waals surface area contributed by atoms with Crippen molar-refractivity contribution in [3.63, 3.8) is 0 Å². The van der Waals surface area contributed by atoms with Gasteiger partial charge in [-0.05, 0) is 56.4 Å². The average molecular weight is 441 g/mol. The van der Waals surface area contributed by atoms with Crippen LogP contribution in [0.15, 0.2) is 54.6 Å². The molecule has 6 heteroatoms. The number of hydrogen-bond acceptors (Lipinski definition) is 5. The van der Waals surface area contributed by atoms with Gasteiger partial charge in [0.1, 0.15) is 24.0 Å². The average Bonchev–Trinajstić information content (AvgIpc) is 2.71. The van der Waals surface area contributed by atoms with Crippen molar-refractivity contribution < 1.29 is 19.1 Å². The van der Waals surface area contributed by atoms with Crippen LogP contribution in [0.25, 0.3) is 0 Å². The highest BCUT2D eigenvalue weighted by Crippen LogP contribution is 2.17. The van der Waals surface area contributed by atoms with E-state index >= 15 is 0 Å². The number of carbonyl (C=O) groups excluding carboxylic acids is 2. The lowest BCUT2D eigenvalue weighted by atomic mass is 10.0. The number of amides is 1. The van der Waals surface area contributed by atoms with E-state index in [9.17, 15) is 9.59 Å². The molecule has 0 heterocycles. The summed E-state index contributed by atoms with van der Waals surface area (Å²) in [5.41, 5.74) is 7.32. The summed E-state index contributed by atoms with van der Waals surface area (Å²) < 4.78 is 11.3. The Hall–Kier alpha value is -2.86. The third-order valence-electron chi connectivity index (χ3n) is 4.68. The van der Waals surface area contributed by atoms with E-state index in [4.69, 9.17) is 15.2 Å². The fraction of sp³-hybridized carbons (Fsp3) is 0.462. The van der Waals surface area contributed by atoms with Crippen molar-refractivity contribution in [2.24, 2.45) is 11.7 Å². The Balaban J connectivity index is 2.05. The predicted octanol–water partition coefficient (Wildman–Crippen LogP) is 4.01. The van der Waals surface area contributed by atoms with Crippen LogP contribution in [0.2, 0.25) is 0 Å². The monoisotopic (exact) mass is 440 g/mol. The van der Waals surface area contributed by atoms with Crippen LogP contribution in [0.4, 0.5) is 0 Å². The fourth-order valence-electron chi connectivity index (χ4n) is 3.16. The van der Waals surface area contributed by atoms with Crippen LogP contribution in [0.3, 0.4) is 0 Å². The van der Waals surface area contributed by atoms with E-state index in [0.29, 0.717) is 19.4 Å². The molecular formula is C26H36N2O4. The molecule has 174 valence electrons. The first-order valence-electron chi connectivity index (χ1n) is 11.1. The Morgan fingerprint density at radius 2 is 1.59 bits per heavy atom. The first kappa shape index (κ1) is 25.4. The Kier molecular flexibility index (Phi) is 9.27. The topological polar surface area (TPSA) is 90.7 Å². The number of rotatable bonds is 10. The molecule has 2 atom stereocenters. The van der Waals surface area contributed by atoms with Gasteiger partial charge >= 0.3 is 5.97 Å². The van der Waals surface area contributed by atoms with Crippen molar-refractivity contribution >= 4 is 11.9 Å². The molecule has 2 aromatic rings. The molecule has 0 aromatic heterocycles. The first-order chi connectivity index (χ1) is 15.0. The number of esters is 1. The van der Waals surface area contributed by atoms with Crippen LogP contribution < -0.4 is 15.8 Å². The molecule has 0 spiro atoms. The Bertz CT molecular complexity index is 858. The van der Waals surface area contributed by atoms with Crippen LogP contribution in [-0.2, 0) is 27.4 Å². The van der Waals surface area contributed by atoms with Crippen molar-refractivity contribution in [3.8, 4) is 5.75 Å². The summed E-state index contributed by atoms with van der Waals surface area (Å²) in [5.74, 6) is 0.179. The quantitative estimate of drug-likeness (QED) is 0.545. The second kappa shape index (κ2) is 11.7. The standard InChI is InChI=1S/C26H36N2O4/c1-18(2)15-22(27)24(29)28-23(25(30)32-26(3,4)5)16-19-11-13-21(14-12-19)31-17-20-9-7-6-8-10-20/h6-14,18,22-23H,15-17,27H2,1-5H3,(H,28,29)/t22-,23+/m0/s1. The van der Waals surface area contributed by atoms with E-state index < -0.39 is 23.7 Å². The summed E-state index contributed by atoms with van der Waals surface area (Å²) >= 11 is 0. The van der Waals surface area contributed by atoms with E-state index in [2.05, 4.69) is 5.32 Å². The van der Waals surface area contributed by atoms with Gasteiger partial charge in [-0.25, -0.2) is 4.79 Å². The molecule has 2 rings (SSSR count). The van der Waals surface area contributed by atoms with Crippen molar-refractivity contribution in [1.29, 1.82) is 0 Å². The van der Waals surface area contributed by atoms with Crippen LogP contribution in [-0.4, -0.2) is 29.6 Å². The van der Waals surface area contributed by atoms with Gasteiger partial charge in [0, 0.05) is 6.42 Å². The molecule has 0 saturated heterocycles. The molecule has 1 amide bonds. The lowest BCUT2D eigenvalue weighted by molar-refractivity contribution is -0.158. The number of nitrogens with two attached hydrogens (primary N) is 1. The molecule has 0 unspecified atom stereocenters. The number of ether oxygens (including phenoxy) is 2. The van der Waals surface area contributed by atoms with Crippen LogP contribution >= 0.6 is 0 Å². The van der Waals surface area contributed by atoms with E-state index in [0.717, 1.165) is 16.9 Å². The van der Waals surface area contributed by atoms with Crippen LogP contribution in [0.1, 0.15) is 52.2 Å². The fourth-order valence-corrected chi connectivity index (χ4v) is 3.16. The van der Waals surface area contributed by atoms with Crippen LogP contribution in [0, 0.1) is 5.92 Å². The SMILES string of the molecule is CC(C)C[C@H](N)C(=O)N[C@H](Cc1ccc(OCc2ccccc2)cc1)C(=O)OC(C)(C)C. The summed E-state index contributed by atoms with van der Waals surface area (Å²) in [6.07, 6.45) is 0.842. The molecule has 0 fully saturated rings. The molecule has 3 N–H and O–H groups in total. The first-order valence-corrected chi connectivity index (χ1v) is 11.1. The maximum Gasteiger partial charge on any atom is 0.329 e. The highest BCUT2D eigenvalue weighted by molar-refractivity contribution is 5.87. The van der Waals surface area contributed by atoms with E-state index in [-0.39, 0.29) is 11.8 Å². The van der Waals surface area contributed by atoms with Crippen molar-refractivity contribution in [1.82, 2.24) is 5.32 Å². The molecule has 32 heavy (non-hydrogen) atoms. The lowest BCUT2D eigenvalue weighted by Crippen LogP contribution is -2.51. The highest BCUT2D eigenvalue weighted by Gasteiger charge is 2.28. The molecule has 0 aliphatic heterocycles. The van der Waals surface area contributed by atoms with Gasteiger partial charge in [0.05, 0.1) is 6.04 Å². The molecule has 2 aromatic carbocycles. The predicted molar refractivity (Wildman–Crippen MR) is 126 cm³/mol. The highest BCUT2D eigenvalue weighted by atomic mass is 16.6. The smallest absolute Gasteiger partial charge is 0.329 e. The lowest BCUT2D eigenvalue weighted by Gasteiger charge is -2.26. The van der Waals surface area contributed by atoms with E-state index in [1.807, 2.05) is 68.4 Å². The van der Waals surface area contributed by atoms with E-state index in [1.54, 1.807) is 20.8 Å². The van der Waals surface area contributed by atoms with Gasteiger partial charge in [0.25, 0.3) is 0 Å². The molecule has 0 bridgehead atoms. The summed E-state index contributed by atoms with van der Waals surface area (Å²) in [4.78, 5) is 25.3. The van der Waals surface area contributed by atoms with Gasteiger partial charge < -0.3 is 20.5 Å². The zero-order chi connectivity index (χ0) is 23.7. The molecule has 6 nitrogen and oxygen atoms in total. The van der Waals surface area contributed by atoms with Gasteiger partial charge in [-0.3, -0.25) is 4.79 Å². The Labute approximate surface area is 191 Å². The molecular weight excluding hydrogens is 404 g/mol. The third-order valence-corrected chi connectivity index (χ3v) is 4.68. The van der Waals surface area contributed by atoms with Gasteiger partial charge in [-0.2, -0.15) is 0 Å². The molecule has 0 aliphatic carbocycles. The molecule has 0 saturated carbocycles. The Morgan fingerprint density at radius 3 is 2.16 bits per heavy atom. The third kappa shape index (κ3) is 9.10. The van der Waals surface area contributed by atoms with Crippen molar-refractivity contribution in [3.05, 3.63) is 65.7 Å². The number of nitrogens with one attached hydrogen (secondary N) is 1. The molecule has 0 radical (unpaired) electrons. The summed E-state index contributed by atoms with van der Waals surface area (Å²) in [7, 11) is 0. The minimum atomic E-state index is -0.823. The van der Waals surface area contributed by atoms with Gasteiger partial charge in [0.15, 0.2) is 0 Å². The number of carbonyl (C=O) groups is 2. The largest absolute Gasteiger partial charge is 0.489 e. The van der Waals surface area contributed by atoms with E-state index in [1.165, 1.54) is 0 Å².